The third-order valence-corrected chi connectivity index (χ3v) is 4.41. The predicted molar refractivity (Wildman–Crippen MR) is 90.6 cm³/mol. The number of rotatable bonds is 6. The van der Waals surface area contributed by atoms with Crippen molar-refractivity contribution in [2.45, 2.75) is 38.1 Å². The van der Waals surface area contributed by atoms with Crippen molar-refractivity contribution in [3.8, 4) is 0 Å². The third kappa shape index (κ3) is 4.29. The molecule has 0 spiro atoms. The maximum absolute atomic E-state index is 13.2. The molecule has 0 saturated carbocycles. The van der Waals surface area contributed by atoms with Crippen molar-refractivity contribution >= 4 is 0 Å². The van der Waals surface area contributed by atoms with Crippen LogP contribution < -0.4 is 5.32 Å². The Morgan fingerprint density at radius 1 is 1.22 bits per heavy atom. The fraction of sp³-hybridized carbons (Fsp3) is 0.421. The van der Waals surface area contributed by atoms with E-state index in [0.29, 0.717) is 0 Å². The van der Waals surface area contributed by atoms with Crippen molar-refractivity contribution in [3.63, 3.8) is 0 Å². The maximum atomic E-state index is 13.2. The first-order chi connectivity index (χ1) is 11.2. The minimum Gasteiger partial charge on any atom is -0.305 e. The molecule has 1 atom stereocenters. The normalized spacial score (nSPS) is 16.2. The van der Waals surface area contributed by atoms with Crippen LogP contribution in [0.5, 0.6) is 0 Å². The lowest BCUT2D eigenvalue weighted by atomic mass is 9.97. The zero-order valence-corrected chi connectivity index (χ0v) is 13.6. The van der Waals surface area contributed by atoms with Gasteiger partial charge in [-0.1, -0.05) is 23.8 Å². The zero-order valence-electron chi connectivity index (χ0n) is 13.6. The lowest BCUT2D eigenvalue weighted by Gasteiger charge is -2.19. The number of aromatic nitrogens is 2. The molecule has 0 radical (unpaired) electrons. The van der Waals surface area contributed by atoms with Crippen molar-refractivity contribution in [1.29, 1.82) is 0 Å². The summed E-state index contributed by atoms with van der Waals surface area (Å²) in [6, 6.07) is 8.71. The number of hydrogen-bond acceptors (Lipinski definition) is 2. The van der Waals surface area contributed by atoms with E-state index in [1.54, 1.807) is 10.3 Å². The van der Waals surface area contributed by atoms with Crippen molar-refractivity contribution in [2.24, 2.45) is 7.05 Å². The highest BCUT2D eigenvalue weighted by Crippen LogP contribution is 2.23. The summed E-state index contributed by atoms with van der Waals surface area (Å²) in [6.45, 7) is 0.907. The van der Waals surface area contributed by atoms with Gasteiger partial charge < -0.3 is 5.32 Å². The van der Waals surface area contributed by atoms with Gasteiger partial charge in [0.15, 0.2) is 0 Å². The molecule has 1 aliphatic carbocycles. The monoisotopic (exact) mass is 313 g/mol. The van der Waals surface area contributed by atoms with E-state index in [0.717, 1.165) is 24.2 Å². The van der Waals surface area contributed by atoms with Crippen molar-refractivity contribution < 1.29 is 4.39 Å². The Labute approximate surface area is 137 Å². The van der Waals surface area contributed by atoms with Crippen LogP contribution in [-0.2, 0) is 7.05 Å². The minimum atomic E-state index is -0.208. The van der Waals surface area contributed by atoms with Gasteiger partial charge in [-0.25, -0.2) is 4.39 Å². The molecule has 1 aromatic heterocycles. The van der Waals surface area contributed by atoms with Crippen LogP contribution >= 0.6 is 0 Å². The van der Waals surface area contributed by atoms with E-state index >= 15 is 0 Å². The number of aryl methyl sites for hydroxylation is 1. The molecule has 4 heteroatoms. The molecule has 3 nitrogen and oxygen atoms in total. The molecule has 23 heavy (non-hydrogen) atoms. The molecule has 122 valence electrons. The molecule has 0 bridgehead atoms. The second kappa shape index (κ2) is 7.55. The van der Waals surface area contributed by atoms with Gasteiger partial charge in [-0.3, -0.25) is 4.68 Å². The Morgan fingerprint density at radius 3 is 2.70 bits per heavy atom. The van der Waals surface area contributed by atoms with Gasteiger partial charge in [-0.2, -0.15) is 5.10 Å². The first-order valence-electron chi connectivity index (χ1n) is 8.38. The van der Waals surface area contributed by atoms with E-state index in [2.05, 4.69) is 16.5 Å². The van der Waals surface area contributed by atoms with Crippen LogP contribution in [0.25, 0.3) is 0 Å². The van der Waals surface area contributed by atoms with Crippen LogP contribution in [0.15, 0.2) is 48.2 Å². The van der Waals surface area contributed by atoms with Crippen LogP contribution in [-0.4, -0.2) is 16.3 Å². The van der Waals surface area contributed by atoms with E-state index in [-0.39, 0.29) is 11.9 Å². The zero-order chi connectivity index (χ0) is 16.1. The standard InChI is InChI=1S/C19H24FN3/c1-23-14-12-18(22-23)19(16-7-9-17(20)10-8-16)21-13-11-15-5-3-2-4-6-15/h5,7-10,12,14,19,21H,2-4,6,11,13H2,1H3/t19-/m1/s1. The summed E-state index contributed by atoms with van der Waals surface area (Å²) in [5, 5.41) is 8.11. The molecule has 3 rings (SSSR count). The quantitative estimate of drug-likeness (QED) is 0.813. The van der Waals surface area contributed by atoms with E-state index in [1.807, 2.05) is 31.4 Å². The summed E-state index contributed by atoms with van der Waals surface area (Å²) in [4.78, 5) is 0. The molecule has 0 saturated heterocycles. The molecule has 1 aliphatic rings. The molecule has 1 aromatic carbocycles. The molecule has 0 unspecified atom stereocenters. The summed E-state index contributed by atoms with van der Waals surface area (Å²) < 4.78 is 15.0. The lowest BCUT2D eigenvalue weighted by Crippen LogP contribution is -2.24. The van der Waals surface area contributed by atoms with Crippen molar-refractivity contribution in [3.05, 3.63) is 65.3 Å². The molecule has 1 N–H and O–H groups in total. The van der Waals surface area contributed by atoms with E-state index in [1.165, 1.54) is 37.8 Å². The number of hydrogen-bond donors (Lipinski definition) is 1. The Bertz CT molecular complexity index is 658. The molecular weight excluding hydrogens is 289 g/mol. The first-order valence-corrected chi connectivity index (χ1v) is 8.38. The van der Waals surface area contributed by atoms with Crippen molar-refractivity contribution in [1.82, 2.24) is 15.1 Å². The topological polar surface area (TPSA) is 29.9 Å². The third-order valence-electron chi connectivity index (χ3n) is 4.41. The summed E-state index contributed by atoms with van der Waals surface area (Å²) in [7, 11) is 1.91. The Morgan fingerprint density at radius 2 is 2.04 bits per heavy atom. The van der Waals surface area contributed by atoms with E-state index in [4.69, 9.17) is 0 Å². The van der Waals surface area contributed by atoms with E-state index in [9.17, 15) is 4.39 Å². The number of halogens is 1. The predicted octanol–water partition coefficient (Wildman–Crippen LogP) is 4.13. The average molecular weight is 313 g/mol. The minimum absolute atomic E-state index is 0.000917. The Hall–Kier alpha value is -1.94. The van der Waals surface area contributed by atoms with Crippen LogP contribution in [0.4, 0.5) is 4.39 Å². The number of nitrogens with zero attached hydrogens (tertiary/aromatic N) is 2. The van der Waals surface area contributed by atoms with Crippen LogP contribution in [0.2, 0.25) is 0 Å². The highest BCUT2D eigenvalue weighted by Gasteiger charge is 2.16. The molecule has 0 fully saturated rings. The summed E-state index contributed by atoms with van der Waals surface area (Å²) in [5.74, 6) is -0.208. The maximum Gasteiger partial charge on any atom is 0.123 e. The second-order valence-electron chi connectivity index (χ2n) is 6.21. The molecule has 0 aliphatic heterocycles. The van der Waals surface area contributed by atoms with Crippen LogP contribution in [0, 0.1) is 5.82 Å². The van der Waals surface area contributed by atoms with Crippen molar-refractivity contribution in [2.75, 3.05) is 6.54 Å². The number of benzene rings is 1. The van der Waals surface area contributed by atoms with Gasteiger partial charge in [0.2, 0.25) is 0 Å². The van der Waals surface area contributed by atoms with Gasteiger partial charge in [-0.15, -0.1) is 0 Å². The van der Waals surface area contributed by atoms with Crippen LogP contribution in [0.1, 0.15) is 49.4 Å². The smallest absolute Gasteiger partial charge is 0.123 e. The largest absolute Gasteiger partial charge is 0.305 e. The average Bonchev–Trinajstić information content (AvgIpc) is 3.00. The summed E-state index contributed by atoms with van der Waals surface area (Å²) in [6.07, 6.45) is 10.5. The molecule has 1 heterocycles. The number of allylic oxidation sites excluding steroid dienone is 1. The number of nitrogens with one attached hydrogen (secondary N) is 1. The molecule has 2 aromatic rings. The van der Waals surface area contributed by atoms with Gasteiger partial charge in [0.1, 0.15) is 5.82 Å². The highest BCUT2D eigenvalue weighted by molar-refractivity contribution is 5.27. The van der Waals surface area contributed by atoms with Gasteiger partial charge in [0, 0.05) is 13.2 Å². The molecule has 0 amide bonds. The van der Waals surface area contributed by atoms with Gasteiger partial charge >= 0.3 is 0 Å². The van der Waals surface area contributed by atoms with E-state index < -0.39 is 0 Å². The van der Waals surface area contributed by atoms with Gasteiger partial charge in [-0.05, 0) is 62.4 Å². The fourth-order valence-electron chi connectivity index (χ4n) is 3.14. The molecular formula is C19H24FN3. The highest BCUT2D eigenvalue weighted by atomic mass is 19.1. The van der Waals surface area contributed by atoms with Crippen LogP contribution in [0.3, 0.4) is 0 Å². The Balaban J connectivity index is 1.70. The second-order valence-corrected chi connectivity index (χ2v) is 6.21. The summed E-state index contributed by atoms with van der Waals surface area (Å²) in [5.41, 5.74) is 3.57. The lowest BCUT2D eigenvalue weighted by molar-refractivity contribution is 0.565. The van der Waals surface area contributed by atoms with Gasteiger partial charge in [0.05, 0.1) is 11.7 Å². The first kappa shape index (κ1) is 15.9. The summed E-state index contributed by atoms with van der Waals surface area (Å²) >= 11 is 0. The fourth-order valence-corrected chi connectivity index (χ4v) is 3.14. The SMILES string of the molecule is Cn1ccc([C@H](NCCC2=CCCCC2)c2ccc(F)cc2)n1. The van der Waals surface area contributed by atoms with Gasteiger partial charge in [0.25, 0.3) is 0 Å². The Kier molecular flexibility index (Phi) is 5.23.